The molecule has 0 N–H and O–H groups in total. The molecule has 22 heavy (non-hydrogen) atoms. The smallest absolute Gasteiger partial charge is 0.407 e. The fourth-order valence-electron chi connectivity index (χ4n) is 1.44. The lowest BCUT2D eigenvalue weighted by molar-refractivity contribution is -0.0696. The summed E-state index contributed by atoms with van der Waals surface area (Å²) in [6.45, 7) is 0. The van der Waals surface area contributed by atoms with E-state index in [1.807, 2.05) is 0 Å². The highest BCUT2D eigenvalue weighted by Crippen LogP contribution is 2.47. The van der Waals surface area contributed by atoms with E-state index in [1.54, 1.807) is 42.1 Å². The van der Waals surface area contributed by atoms with Crippen molar-refractivity contribution in [2.75, 3.05) is 0 Å². The van der Waals surface area contributed by atoms with Crippen LogP contribution in [0.3, 0.4) is 0 Å². The van der Waals surface area contributed by atoms with Crippen LogP contribution in [0.2, 0.25) is 0 Å². The second-order valence-electron chi connectivity index (χ2n) is 4.04. The van der Waals surface area contributed by atoms with Crippen molar-refractivity contribution in [2.45, 2.75) is 6.18 Å². The predicted octanol–water partition coefficient (Wildman–Crippen LogP) is 4.86. The molecule has 0 aliphatic carbocycles. The third kappa shape index (κ3) is 5.19. The summed E-state index contributed by atoms with van der Waals surface area (Å²) >= 11 is 0. The number of halogens is 3. The van der Waals surface area contributed by atoms with Gasteiger partial charge in [-0.15, -0.1) is 0 Å². The summed E-state index contributed by atoms with van der Waals surface area (Å²) in [7, 11) is -4.34. The van der Waals surface area contributed by atoms with Crippen molar-refractivity contribution >= 4 is 7.60 Å². The molecule has 2 aromatic carbocycles. The molecule has 3 nitrogen and oxygen atoms in total. The molecule has 0 radical (unpaired) electrons. The number of hydrogen-bond acceptors (Lipinski definition) is 3. The van der Waals surface area contributed by atoms with E-state index in [-0.39, 0.29) is 11.5 Å². The van der Waals surface area contributed by atoms with Crippen LogP contribution in [-0.2, 0) is 4.57 Å². The van der Waals surface area contributed by atoms with Crippen molar-refractivity contribution in [3.63, 3.8) is 0 Å². The zero-order chi connectivity index (χ0) is 16.1. The first-order valence-corrected chi connectivity index (χ1v) is 7.61. The highest BCUT2D eigenvalue weighted by Gasteiger charge is 2.30. The fourth-order valence-corrected chi connectivity index (χ4v) is 2.63. The molecule has 2 rings (SSSR count). The first kappa shape index (κ1) is 16.0. The molecular weight excluding hydrogens is 316 g/mol. The molecule has 2 aromatic rings. The molecule has 114 valence electrons. The fraction of sp³-hybridized carbons (Fsp3) is 0.0667. The summed E-state index contributed by atoms with van der Waals surface area (Å²) in [4.78, 5) is 0. The van der Waals surface area contributed by atoms with Crippen LogP contribution in [0.15, 0.2) is 60.7 Å². The molecule has 0 saturated carbocycles. The van der Waals surface area contributed by atoms with E-state index < -0.39 is 13.8 Å². The number of alkyl halides is 3. The molecule has 0 amide bonds. The van der Waals surface area contributed by atoms with Gasteiger partial charge in [-0.25, -0.2) is 4.57 Å². The monoisotopic (exact) mass is 326 g/mol. The van der Waals surface area contributed by atoms with Gasteiger partial charge in [-0.2, -0.15) is 13.2 Å². The lowest BCUT2D eigenvalue weighted by atomic mass is 10.3. The van der Waals surface area contributed by atoms with Crippen molar-refractivity contribution in [2.24, 2.45) is 0 Å². The minimum atomic E-state index is -4.80. The van der Waals surface area contributed by atoms with E-state index in [2.05, 4.69) is 0 Å². The van der Waals surface area contributed by atoms with Gasteiger partial charge in [0.2, 0.25) is 0 Å². The Morgan fingerprint density at radius 3 is 1.59 bits per heavy atom. The van der Waals surface area contributed by atoms with E-state index in [1.165, 1.54) is 24.3 Å². The van der Waals surface area contributed by atoms with Gasteiger partial charge in [0.25, 0.3) is 0 Å². The maximum atomic E-state index is 12.5. The number of benzene rings is 2. The first-order chi connectivity index (χ1) is 10.4. The van der Waals surface area contributed by atoms with E-state index in [4.69, 9.17) is 9.05 Å². The lowest BCUT2D eigenvalue weighted by Gasteiger charge is -2.15. The Labute approximate surface area is 125 Å². The molecule has 0 bridgehead atoms. The SMILES string of the molecule is O=P(C#CC(F)(F)F)(Oc1ccccc1)Oc1ccccc1. The number of rotatable bonds is 4. The molecule has 0 heterocycles. The van der Waals surface area contributed by atoms with Crippen LogP contribution in [0.1, 0.15) is 0 Å². The third-order valence-electron chi connectivity index (χ3n) is 2.27. The highest BCUT2D eigenvalue weighted by molar-refractivity contribution is 7.60. The minimum Gasteiger partial charge on any atom is -0.407 e. The second kappa shape index (κ2) is 6.59. The van der Waals surface area contributed by atoms with Gasteiger partial charge in [0.15, 0.2) is 0 Å². The largest absolute Gasteiger partial charge is 0.509 e. The Hall–Kier alpha value is -2.38. The molecule has 0 atom stereocenters. The summed E-state index contributed by atoms with van der Waals surface area (Å²) in [5.74, 6) is 1.13. The standard InChI is InChI=1S/C15H10F3O3P/c16-15(17,18)11-12-22(19,20-13-7-3-1-4-8-13)21-14-9-5-2-6-10-14/h1-10H. The van der Waals surface area contributed by atoms with Crippen LogP contribution in [0.25, 0.3) is 0 Å². The third-order valence-corrected chi connectivity index (χ3v) is 3.56. The van der Waals surface area contributed by atoms with Gasteiger partial charge in [0.05, 0.1) is 5.66 Å². The van der Waals surface area contributed by atoms with Crippen molar-refractivity contribution in [3.05, 3.63) is 60.7 Å². The zero-order valence-corrected chi connectivity index (χ0v) is 12.0. The highest BCUT2D eigenvalue weighted by atomic mass is 31.2. The van der Waals surface area contributed by atoms with Crippen LogP contribution >= 0.6 is 7.60 Å². The van der Waals surface area contributed by atoms with Crippen LogP contribution in [-0.4, -0.2) is 6.18 Å². The quantitative estimate of drug-likeness (QED) is 0.594. The van der Waals surface area contributed by atoms with Crippen molar-refractivity contribution in [3.8, 4) is 23.1 Å². The summed E-state index contributed by atoms with van der Waals surface area (Å²) in [5, 5.41) is 0. The van der Waals surface area contributed by atoms with E-state index in [0.717, 1.165) is 5.92 Å². The minimum absolute atomic E-state index is 0.0956. The second-order valence-corrected chi connectivity index (χ2v) is 5.62. The molecule has 7 heteroatoms. The van der Waals surface area contributed by atoms with Crippen molar-refractivity contribution in [1.82, 2.24) is 0 Å². The molecule has 0 unspecified atom stereocenters. The number of para-hydroxylation sites is 2. The van der Waals surface area contributed by atoms with Crippen LogP contribution < -0.4 is 9.05 Å². The van der Waals surface area contributed by atoms with E-state index >= 15 is 0 Å². The average Bonchev–Trinajstić information content (AvgIpc) is 2.47. The van der Waals surface area contributed by atoms with Gasteiger partial charge >= 0.3 is 13.8 Å². The summed E-state index contributed by atoms with van der Waals surface area (Å²) in [5.41, 5.74) is 1.57. The van der Waals surface area contributed by atoms with Crippen molar-refractivity contribution in [1.29, 1.82) is 0 Å². The van der Waals surface area contributed by atoms with Gasteiger partial charge < -0.3 is 9.05 Å². The molecular formula is C15H10F3O3P. The van der Waals surface area contributed by atoms with Gasteiger partial charge in [0.1, 0.15) is 11.5 Å². The number of hydrogen-bond donors (Lipinski definition) is 0. The van der Waals surface area contributed by atoms with Gasteiger partial charge in [0, 0.05) is 5.92 Å². The van der Waals surface area contributed by atoms with Crippen LogP contribution in [0.4, 0.5) is 13.2 Å². The lowest BCUT2D eigenvalue weighted by Crippen LogP contribution is -2.04. The zero-order valence-electron chi connectivity index (χ0n) is 11.1. The van der Waals surface area contributed by atoms with Crippen molar-refractivity contribution < 1.29 is 26.8 Å². The summed E-state index contributed by atoms with van der Waals surface area (Å²) in [6, 6.07) is 15.4. The normalized spacial score (nSPS) is 11.2. The van der Waals surface area contributed by atoms with Crippen LogP contribution in [0, 0.1) is 11.6 Å². The topological polar surface area (TPSA) is 35.5 Å². The molecule has 0 aromatic heterocycles. The van der Waals surface area contributed by atoms with E-state index in [0.29, 0.717) is 0 Å². The first-order valence-electron chi connectivity index (χ1n) is 6.07. The summed E-state index contributed by atoms with van der Waals surface area (Å²) < 4.78 is 59.4. The molecule has 0 spiro atoms. The van der Waals surface area contributed by atoms with E-state index in [9.17, 15) is 17.7 Å². The van der Waals surface area contributed by atoms with Gasteiger partial charge in [-0.3, -0.25) is 0 Å². The molecule has 0 saturated heterocycles. The Morgan fingerprint density at radius 2 is 1.23 bits per heavy atom. The Morgan fingerprint density at radius 1 is 0.818 bits per heavy atom. The predicted molar refractivity (Wildman–Crippen MR) is 75.6 cm³/mol. The average molecular weight is 326 g/mol. The molecule has 0 fully saturated rings. The maximum Gasteiger partial charge on any atom is 0.509 e. The summed E-state index contributed by atoms with van der Waals surface area (Å²) in [6.07, 6.45) is -4.80. The van der Waals surface area contributed by atoms with Gasteiger partial charge in [-0.1, -0.05) is 36.4 Å². The van der Waals surface area contributed by atoms with Crippen LogP contribution in [0.5, 0.6) is 11.5 Å². The Kier molecular flexibility index (Phi) is 4.79. The Bertz CT molecular complexity index is 673. The Balaban J connectivity index is 2.31. The van der Waals surface area contributed by atoms with Gasteiger partial charge in [-0.05, 0) is 24.3 Å². The molecule has 0 aliphatic heterocycles. The maximum absolute atomic E-state index is 12.5. The molecule has 0 aliphatic rings.